The Morgan fingerprint density at radius 1 is 0.711 bits per heavy atom. The van der Waals surface area contributed by atoms with E-state index in [2.05, 4.69) is 54.2 Å². The zero-order valence-corrected chi connectivity index (χ0v) is 26.6. The van der Waals surface area contributed by atoms with Gasteiger partial charge in [0.05, 0.1) is 21.3 Å². The molecule has 8 heteroatoms. The van der Waals surface area contributed by atoms with E-state index in [9.17, 15) is 5.11 Å². The van der Waals surface area contributed by atoms with E-state index in [0.717, 1.165) is 60.4 Å². The molecule has 8 nitrogen and oxygen atoms in total. The van der Waals surface area contributed by atoms with Crippen molar-refractivity contribution < 1.29 is 28.8 Å². The van der Waals surface area contributed by atoms with Crippen molar-refractivity contribution in [3.05, 3.63) is 94.0 Å². The maximum atomic E-state index is 11.1. The quantitative estimate of drug-likeness (QED) is 0.271. The normalized spacial score (nSPS) is 19.4. The summed E-state index contributed by atoms with van der Waals surface area (Å²) in [7, 11) is 9.30. The molecule has 0 unspecified atom stereocenters. The van der Waals surface area contributed by atoms with Gasteiger partial charge in [0.25, 0.3) is 0 Å². The molecular formula is C37H40N2O6. The number of hydrogen-bond acceptors (Lipinski definition) is 8. The van der Waals surface area contributed by atoms with E-state index in [1.165, 1.54) is 11.1 Å². The molecule has 234 valence electrons. The van der Waals surface area contributed by atoms with Crippen molar-refractivity contribution in [1.82, 2.24) is 9.80 Å². The van der Waals surface area contributed by atoms with Crippen molar-refractivity contribution in [2.75, 3.05) is 48.5 Å². The van der Waals surface area contributed by atoms with Crippen molar-refractivity contribution in [2.24, 2.45) is 0 Å². The molecule has 0 spiro atoms. The number of fused-ring (bicyclic) bond motifs is 2. The third-order valence-corrected chi connectivity index (χ3v) is 9.64. The van der Waals surface area contributed by atoms with Crippen molar-refractivity contribution in [3.8, 4) is 46.0 Å². The van der Waals surface area contributed by atoms with Gasteiger partial charge in [0, 0.05) is 36.8 Å². The van der Waals surface area contributed by atoms with Crippen LogP contribution in [-0.4, -0.2) is 63.4 Å². The molecular weight excluding hydrogens is 568 g/mol. The Morgan fingerprint density at radius 3 is 2.20 bits per heavy atom. The molecule has 0 fully saturated rings. The summed E-state index contributed by atoms with van der Waals surface area (Å²) >= 11 is 0. The van der Waals surface area contributed by atoms with Gasteiger partial charge in [-0.3, -0.25) is 9.80 Å². The van der Waals surface area contributed by atoms with Crippen molar-refractivity contribution in [1.29, 1.82) is 0 Å². The Balaban J connectivity index is 1.47. The Labute approximate surface area is 264 Å². The smallest absolute Gasteiger partial charge is 0.204 e. The van der Waals surface area contributed by atoms with E-state index in [0.29, 0.717) is 40.9 Å². The van der Waals surface area contributed by atoms with E-state index >= 15 is 0 Å². The van der Waals surface area contributed by atoms with Crippen LogP contribution < -0.4 is 23.7 Å². The lowest BCUT2D eigenvalue weighted by molar-refractivity contribution is 0.220. The number of phenols is 1. The molecule has 0 saturated carbocycles. The molecule has 2 atom stereocenters. The van der Waals surface area contributed by atoms with E-state index in [-0.39, 0.29) is 17.8 Å². The standard InChI is InChI=1S/C37H40N2O6/c1-38-13-11-23-18-32(41-3)33-21-28(23)29(38)17-24-9-10-27(20-31(24)40)44-26-8-6-7-22(15-26)16-30-35-25(12-14-39(30)2)19-34(42-4)36(43-5)37(35)45-33/h6-10,15,18-21,29-30,40H,11-14,16-17H2,1-5H3/t29-,30+/m0/s1. The monoisotopic (exact) mass is 608 g/mol. The van der Waals surface area contributed by atoms with Gasteiger partial charge in [-0.25, -0.2) is 0 Å². The lowest BCUT2D eigenvalue weighted by Gasteiger charge is -2.37. The van der Waals surface area contributed by atoms with Crippen LogP contribution in [0.25, 0.3) is 0 Å². The van der Waals surface area contributed by atoms with Gasteiger partial charge < -0.3 is 28.8 Å². The highest BCUT2D eigenvalue weighted by Crippen LogP contribution is 2.52. The topological polar surface area (TPSA) is 72.9 Å². The van der Waals surface area contributed by atoms with Crippen molar-refractivity contribution in [3.63, 3.8) is 0 Å². The van der Waals surface area contributed by atoms with Crippen LogP contribution in [-0.2, 0) is 25.7 Å². The minimum atomic E-state index is 0.00326. The minimum Gasteiger partial charge on any atom is -0.508 e. The molecule has 1 N–H and O–H groups in total. The third kappa shape index (κ3) is 5.32. The minimum absolute atomic E-state index is 0.00326. The molecule has 6 bridgehead atoms. The van der Waals surface area contributed by atoms with Crippen LogP contribution in [0.4, 0.5) is 0 Å². The fourth-order valence-electron chi connectivity index (χ4n) is 7.16. The number of aromatic hydroxyl groups is 1. The van der Waals surface area contributed by atoms with Gasteiger partial charge in [-0.15, -0.1) is 0 Å². The summed E-state index contributed by atoms with van der Waals surface area (Å²) < 4.78 is 31.1. The molecule has 4 aromatic rings. The van der Waals surface area contributed by atoms with Gasteiger partial charge in [0.2, 0.25) is 5.75 Å². The fraction of sp³-hybridized carbons (Fsp3) is 0.351. The summed E-state index contributed by atoms with van der Waals surface area (Å²) in [6, 6.07) is 20.1. The number of methoxy groups -OCH3 is 3. The molecule has 0 amide bonds. The van der Waals surface area contributed by atoms with Crippen molar-refractivity contribution in [2.45, 2.75) is 37.8 Å². The third-order valence-electron chi connectivity index (χ3n) is 9.64. The van der Waals surface area contributed by atoms with Gasteiger partial charge >= 0.3 is 0 Å². The molecule has 45 heavy (non-hydrogen) atoms. The first-order valence-electron chi connectivity index (χ1n) is 15.5. The lowest BCUT2D eigenvalue weighted by Crippen LogP contribution is -2.34. The number of rotatable bonds is 3. The Hall–Kier alpha value is -4.40. The molecule has 0 saturated heterocycles. The summed E-state index contributed by atoms with van der Waals surface area (Å²) in [4.78, 5) is 4.71. The molecule has 0 aromatic heterocycles. The van der Waals surface area contributed by atoms with E-state index in [1.807, 2.05) is 24.3 Å². The maximum Gasteiger partial charge on any atom is 0.204 e. The molecule has 0 radical (unpaired) electrons. The summed E-state index contributed by atoms with van der Waals surface area (Å²) in [5, 5.41) is 11.1. The molecule has 4 aliphatic rings. The Bertz CT molecular complexity index is 1750. The second kappa shape index (κ2) is 11.8. The van der Waals surface area contributed by atoms with Crippen LogP contribution in [0.3, 0.4) is 0 Å². The fourth-order valence-corrected chi connectivity index (χ4v) is 7.16. The highest BCUT2D eigenvalue weighted by Gasteiger charge is 2.34. The van der Waals surface area contributed by atoms with E-state index < -0.39 is 0 Å². The molecule has 8 rings (SSSR count). The molecule has 0 aliphatic carbocycles. The first kappa shape index (κ1) is 29.3. The predicted molar refractivity (Wildman–Crippen MR) is 173 cm³/mol. The lowest BCUT2D eigenvalue weighted by atomic mass is 9.87. The van der Waals surface area contributed by atoms with Crippen LogP contribution in [0.5, 0.6) is 46.0 Å². The molecule has 4 aliphatic heterocycles. The van der Waals surface area contributed by atoms with Gasteiger partial charge in [-0.05, 0) is 104 Å². The van der Waals surface area contributed by atoms with Gasteiger partial charge in [0.1, 0.15) is 17.2 Å². The summed E-state index contributed by atoms with van der Waals surface area (Å²) in [5.74, 6) is 4.67. The van der Waals surface area contributed by atoms with Gasteiger partial charge in [-0.1, -0.05) is 18.2 Å². The second-order valence-corrected chi connectivity index (χ2v) is 12.3. The highest BCUT2D eigenvalue weighted by atomic mass is 16.5. The zero-order chi connectivity index (χ0) is 31.2. The number of likely N-dealkylation sites (N-methyl/N-ethyl adjacent to an activating group) is 2. The first-order valence-corrected chi connectivity index (χ1v) is 15.5. The van der Waals surface area contributed by atoms with Crippen LogP contribution in [0.2, 0.25) is 0 Å². The summed E-state index contributed by atoms with van der Waals surface area (Å²) in [6.45, 7) is 1.79. The van der Waals surface area contributed by atoms with Crippen LogP contribution in [0.15, 0.2) is 60.7 Å². The Morgan fingerprint density at radius 2 is 1.44 bits per heavy atom. The van der Waals surface area contributed by atoms with Gasteiger partial charge in [-0.2, -0.15) is 0 Å². The average molecular weight is 609 g/mol. The average Bonchev–Trinajstić information content (AvgIpc) is 3.04. The molecule has 4 aromatic carbocycles. The highest BCUT2D eigenvalue weighted by molar-refractivity contribution is 5.63. The number of nitrogens with zero attached hydrogens (tertiary/aromatic N) is 2. The van der Waals surface area contributed by atoms with E-state index in [1.54, 1.807) is 27.4 Å². The van der Waals surface area contributed by atoms with Crippen LogP contribution in [0.1, 0.15) is 45.5 Å². The maximum absolute atomic E-state index is 11.1. The number of ether oxygens (including phenoxy) is 5. The first-order chi connectivity index (χ1) is 21.9. The Kier molecular flexibility index (Phi) is 7.71. The number of benzene rings is 4. The SMILES string of the molecule is COc1cc2c3cc1Oc1c(OC)c(OC)cc4c1[C@@H](Cc1cccc(c1)Oc1ccc(c(O)c1)C[C@@H]3N(C)CC2)N(C)CC4. The summed E-state index contributed by atoms with van der Waals surface area (Å²) in [5.41, 5.74) is 6.61. The van der Waals surface area contributed by atoms with Gasteiger partial charge in [0.15, 0.2) is 23.0 Å². The number of hydrogen-bond donors (Lipinski definition) is 1. The largest absolute Gasteiger partial charge is 0.508 e. The van der Waals surface area contributed by atoms with Crippen LogP contribution in [0, 0.1) is 0 Å². The molecule has 4 heterocycles. The summed E-state index contributed by atoms with van der Waals surface area (Å²) in [6.07, 6.45) is 3.10. The van der Waals surface area contributed by atoms with Crippen molar-refractivity contribution >= 4 is 0 Å². The second-order valence-electron chi connectivity index (χ2n) is 12.3. The predicted octanol–water partition coefficient (Wildman–Crippen LogP) is 6.86. The number of phenolic OH excluding ortho intramolecular Hbond substituents is 1. The zero-order valence-electron chi connectivity index (χ0n) is 26.6. The van der Waals surface area contributed by atoms with E-state index in [4.69, 9.17) is 23.7 Å². The van der Waals surface area contributed by atoms with Crippen LogP contribution >= 0.6 is 0 Å².